The zero-order chi connectivity index (χ0) is 21.5. The average Bonchev–Trinajstić information content (AvgIpc) is 2.71. The maximum absolute atomic E-state index is 12.3. The number of nitrogens with zero attached hydrogens (tertiary/aromatic N) is 1. The van der Waals surface area contributed by atoms with Gasteiger partial charge in [-0.2, -0.15) is 0 Å². The molecule has 0 aliphatic carbocycles. The summed E-state index contributed by atoms with van der Waals surface area (Å²) in [6, 6.07) is 12.9. The number of benzene rings is 2. The van der Waals surface area contributed by atoms with Gasteiger partial charge in [-0.15, -0.1) is 0 Å². The highest BCUT2D eigenvalue weighted by atomic mass is 35.5. The van der Waals surface area contributed by atoms with E-state index < -0.39 is 0 Å². The lowest BCUT2D eigenvalue weighted by atomic mass is 10.1. The van der Waals surface area contributed by atoms with Gasteiger partial charge in [0.15, 0.2) is 0 Å². The Balaban J connectivity index is 1.45. The van der Waals surface area contributed by atoms with Gasteiger partial charge in [0.1, 0.15) is 0 Å². The Morgan fingerprint density at radius 3 is 2.67 bits per heavy atom. The highest BCUT2D eigenvalue weighted by Crippen LogP contribution is 2.27. The van der Waals surface area contributed by atoms with Gasteiger partial charge in [0.2, 0.25) is 11.8 Å². The van der Waals surface area contributed by atoms with E-state index in [2.05, 4.69) is 15.5 Å². The van der Waals surface area contributed by atoms with Crippen LogP contribution in [0, 0.1) is 0 Å². The molecule has 0 radical (unpaired) electrons. The molecule has 1 fully saturated rings. The molecule has 2 aromatic carbocycles. The Morgan fingerprint density at radius 1 is 1.17 bits per heavy atom. The first-order valence-corrected chi connectivity index (χ1v) is 10.6. The van der Waals surface area contributed by atoms with Crippen LogP contribution in [0.5, 0.6) is 0 Å². The van der Waals surface area contributed by atoms with Crippen LogP contribution in [0.3, 0.4) is 0 Å². The minimum absolute atomic E-state index is 0.0686. The fraction of sp³-hybridized carbons (Fsp3) is 0.364. The Bertz CT molecular complexity index is 890. The summed E-state index contributed by atoms with van der Waals surface area (Å²) < 4.78 is 5.80. The molecular weight excluding hydrogens is 425 g/mol. The molecule has 30 heavy (non-hydrogen) atoms. The minimum atomic E-state index is -0.125. The van der Waals surface area contributed by atoms with Crippen LogP contribution >= 0.6 is 23.2 Å². The Kier molecular flexibility index (Phi) is 8.10. The van der Waals surface area contributed by atoms with Gasteiger partial charge in [0.25, 0.3) is 0 Å². The fourth-order valence-electron chi connectivity index (χ4n) is 3.34. The van der Waals surface area contributed by atoms with E-state index in [-0.39, 0.29) is 24.3 Å². The van der Waals surface area contributed by atoms with Gasteiger partial charge in [-0.25, -0.2) is 0 Å². The number of amides is 2. The number of hydrogen-bond acceptors (Lipinski definition) is 4. The van der Waals surface area contributed by atoms with Gasteiger partial charge in [-0.05, 0) is 29.3 Å². The van der Waals surface area contributed by atoms with Crippen molar-refractivity contribution in [3.05, 3.63) is 63.6 Å². The molecule has 1 aliphatic rings. The van der Waals surface area contributed by atoms with Gasteiger partial charge in [-0.3, -0.25) is 14.5 Å². The van der Waals surface area contributed by atoms with Crippen LogP contribution in [0.2, 0.25) is 10.0 Å². The van der Waals surface area contributed by atoms with Gasteiger partial charge in [0, 0.05) is 38.8 Å². The third-order valence-corrected chi connectivity index (χ3v) is 5.67. The lowest BCUT2D eigenvalue weighted by Crippen LogP contribution is -2.47. The topological polar surface area (TPSA) is 70.7 Å². The van der Waals surface area contributed by atoms with Crippen molar-refractivity contribution in [3.63, 3.8) is 0 Å². The van der Waals surface area contributed by atoms with Gasteiger partial charge in [-0.1, -0.05) is 47.5 Å². The third kappa shape index (κ3) is 6.71. The molecule has 0 aromatic heterocycles. The van der Waals surface area contributed by atoms with Crippen molar-refractivity contribution in [2.45, 2.75) is 26.0 Å². The first kappa shape index (κ1) is 22.6. The van der Waals surface area contributed by atoms with Crippen molar-refractivity contribution in [1.29, 1.82) is 0 Å². The van der Waals surface area contributed by atoms with Crippen molar-refractivity contribution < 1.29 is 14.3 Å². The van der Waals surface area contributed by atoms with Crippen molar-refractivity contribution in [3.8, 4) is 0 Å². The van der Waals surface area contributed by atoms with Crippen LogP contribution < -0.4 is 10.6 Å². The molecule has 1 unspecified atom stereocenters. The van der Waals surface area contributed by atoms with Gasteiger partial charge < -0.3 is 15.4 Å². The van der Waals surface area contributed by atoms with E-state index in [1.807, 2.05) is 24.3 Å². The van der Waals surface area contributed by atoms with E-state index in [0.717, 1.165) is 17.7 Å². The molecular formula is C22H25Cl2N3O3. The second kappa shape index (κ2) is 10.8. The summed E-state index contributed by atoms with van der Waals surface area (Å²) in [5, 5.41) is 6.79. The summed E-state index contributed by atoms with van der Waals surface area (Å²) in [6.07, 6.45) is 0.192. The molecule has 0 bridgehead atoms. The summed E-state index contributed by atoms with van der Waals surface area (Å²) in [5.41, 5.74) is 2.57. The molecule has 0 saturated carbocycles. The average molecular weight is 450 g/mol. The fourth-order valence-corrected chi connectivity index (χ4v) is 3.72. The molecule has 160 valence electrons. The number of carbonyl (C=O) groups is 2. The lowest BCUT2D eigenvalue weighted by Gasteiger charge is -2.33. The van der Waals surface area contributed by atoms with Crippen molar-refractivity contribution in [1.82, 2.24) is 10.2 Å². The number of ether oxygens (including phenoxy) is 1. The summed E-state index contributed by atoms with van der Waals surface area (Å²) in [4.78, 5) is 25.6. The van der Waals surface area contributed by atoms with E-state index in [4.69, 9.17) is 27.9 Å². The normalized spacial score (nSPS) is 16.8. The highest BCUT2D eigenvalue weighted by molar-refractivity contribution is 6.42. The number of hydrogen-bond donors (Lipinski definition) is 2. The van der Waals surface area contributed by atoms with Crippen molar-refractivity contribution >= 4 is 40.7 Å². The summed E-state index contributed by atoms with van der Waals surface area (Å²) in [5.74, 6) is -0.194. The zero-order valence-electron chi connectivity index (χ0n) is 16.8. The molecule has 0 spiro atoms. The predicted octanol–water partition coefficient (Wildman–Crippen LogP) is 3.51. The number of rotatable bonds is 7. The number of morpholine rings is 1. The van der Waals surface area contributed by atoms with Crippen molar-refractivity contribution in [2.75, 3.05) is 31.6 Å². The van der Waals surface area contributed by atoms with Crippen LogP contribution in [-0.4, -0.2) is 49.1 Å². The van der Waals surface area contributed by atoms with Crippen LogP contribution in [0.25, 0.3) is 0 Å². The van der Waals surface area contributed by atoms with Crippen LogP contribution in [0.1, 0.15) is 18.1 Å². The van der Waals surface area contributed by atoms with E-state index in [1.54, 1.807) is 18.2 Å². The SMILES string of the molecule is CC(=O)Nc1ccc(CC(=O)NCC2CN(Cc3cccc(Cl)c3Cl)CCO2)cc1. The summed E-state index contributed by atoms with van der Waals surface area (Å²) in [6.45, 7) is 4.70. The van der Waals surface area contributed by atoms with E-state index in [9.17, 15) is 9.59 Å². The Hall–Kier alpha value is -2.12. The molecule has 2 amide bonds. The number of carbonyl (C=O) groups excluding carboxylic acids is 2. The zero-order valence-corrected chi connectivity index (χ0v) is 18.3. The molecule has 2 aromatic rings. The molecule has 6 nitrogen and oxygen atoms in total. The summed E-state index contributed by atoms with van der Waals surface area (Å²) >= 11 is 12.4. The molecule has 1 saturated heterocycles. The molecule has 2 N–H and O–H groups in total. The quantitative estimate of drug-likeness (QED) is 0.678. The first-order valence-electron chi connectivity index (χ1n) is 9.81. The molecule has 1 aliphatic heterocycles. The largest absolute Gasteiger partial charge is 0.374 e. The second-order valence-corrected chi connectivity index (χ2v) is 8.08. The Labute approximate surface area is 186 Å². The summed E-state index contributed by atoms with van der Waals surface area (Å²) in [7, 11) is 0. The molecule has 3 rings (SSSR count). The minimum Gasteiger partial charge on any atom is -0.374 e. The highest BCUT2D eigenvalue weighted by Gasteiger charge is 2.22. The predicted molar refractivity (Wildman–Crippen MR) is 119 cm³/mol. The van der Waals surface area contributed by atoms with E-state index in [0.29, 0.717) is 42.0 Å². The molecule has 8 heteroatoms. The number of anilines is 1. The first-order chi connectivity index (χ1) is 14.4. The van der Waals surface area contributed by atoms with Crippen LogP contribution in [0.4, 0.5) is 5.69 Å². The maximum Gasteiger partial charge on any atom is 0.224 e. The monoisotopic (exact) mass is 449 g/mol. The van der Waals surface area contributed by atoms with Crippen LogP contribution in [-0.2, 0) is 27.3 Å². The smallest absolute Gasteiger partial charge is 0.224 e. The second-order valence-electron chi connectivity index (χ2n) is 7.30. The van der Waals surface area contributed by atoms with E-state index in [1.165, 1.54) is 6.92 Å². The van der Waals surface area contributed by atoms with E-state index >= 15 is 0 Å². The number of nitrogens with one attached hydrogen (secondary N) is 2. The maximum atomic E-state index is 12.3. The number of halogens is 2. The third-order valence-electron chi connectivity index (χ3n) is 4.81. The standard InChI is InChI=1S/C22H25Cl2N3O3/c1-15(28)26-18-7-5-16(6-8-18)11-21(29)25-12-19-14-27(9-10-30-19)13-17-3-2-4-20(23)22(17)24/h2-8,19H,9-14H2,1H3,(H,25,29)(H,26,28). The lowest BCUT2D eigenvalue weighted by molar-refractivity contribution is -0.121. The van der Waals surface area contributed by atoms with Gasteiger partial charge in [0.05, 0.1) is 29.2 Å². The Morgan fingerprint density at radius 2 is 1.93 bits per heavy atom. The molecule has 1 heterocycles. The van der Waals surface area contributed by atoms with Gasteiger partial charge >= 0.3 is 0 Å². The van der Waals surface area contributed by atoms with Crippen molar-refractivity contribution in [2.24, 2.45) is 0 Å². The molecule has 1 atom stereocenters. The van der Waals surface area contributed by atoms with Crippen LogP contribution in [0.15, 0.2) is 42.5 Å².